The van der Waals surface area contributed by atoms with Gasteiger partial charge in [0.1, 0.15) is 0 Å². The molecule has 0 aliphatic carbocycles. The van der Waals surface area contributed by atoms with Gasteiger partial charge in [-0.05, 0) is 20.3 Å². The van der Waals surface area contributed by atoms with Crippen molar-refractivity contribution in [2.24, 2.45) is 5.73 Å². The van der Waals surface area contributed by atoms with Gasteiger partial charge < -0.3 is 11.1 Å². The van der Waals surface area contributed by atoms with Gasteiger partial charge in [0.25, 0.3) is 0 Å². The highest BCUT2D eigenvalue weighted by atomic mass is 19.4. The molecule has 0 radical (unpaired) electrons. The van der Waals surface area contributed by atoms with E-state index in [1.807, 2.05) is 0 Å². The van der Waals surface area contributed by atoms with Gasteiger partial charge in [-0.1, -0.05) is 0 Å². The van der Waals surface area contributed by atoms with Crippen molar-refractivity contribution in [1.82, 2.24) is 5.32 Å². The lowest BCUT2D eigenvalue weighted by molar-refractivity contribution is -0.162. The topological polar surface area (TPSA) is 38.0 Å². The van der Waals surface area contributed by atoms with E-state index >= 15 is 0 Å². The molecule has 18 heavy (non-hydrogen) atoms. The number of alkyl halides is 6. The van der Waals surface area contributed by atoms with Crippen LogP contribution in [0.1, 0.15) is 33.1 Å². The summed E-state index contributed by atoms with van der Waals surface area (Å²) in [7, 11) is 0. The second kappa shape index (κ2) is 6.10. The van der Waals surface area contributed by atoms with Crippen molar-refractivity contribution >= 4 is 0 Å². The highest BCUT2D eigenvalue weighted by Crippen LogP contribution is 2.33. The number of halogens is 6. The van der Waals surface area contributed by atoms with Crippen LogP contribution in [0, 0.1) is 0 Å². The lowest BCUT2D eigenvalue weighted by Gasteiger charge is -2.35. The molecule has 0 spiro atoms. The van der Waals surface area contributed by atoms with Gasteiger partial charge in [0.05, 0.1) is 6.42 Å². The lowest BCUT2D eigenvalue weighted by atomic mass is 9.90. The Morgan fingerprint density at radius 1 is 1.00 bits per heavy atom. The summed E-state index contributed by atoms with van der Waals surface area (Å²) < 4.78 is 73.4. The van der Waals surface area contributed by atoms with Crippen LogP contribution in [0.5, 0.6) is 0 Å². The molecule has 0 aromatic carbocycles. The van der Waals surface area contributed by atoms with Crippen LogP contribution < -0.4 is 11.1 Å². The predicted molar refractivity (Wildman–Crippen MR) is 56.0 cm³/mol. The smallest absolute Gasteiger partial charge is 0.329 e. The number of hydrogen-bond acceptors (Lipinski definition) is 2. The zero-order valence-electron chi connectivity index (χ0n) is 10.3. The quantitative estimate of drug-likeness (QED) is 0.734. The van der Waals surface area contributed by atoms with Gasteiger partial charge in [-0.15, -0.1) is 0 Å². The standard InChI is InChI=1S/C10H18F6N2/c1-7(5-17)18-8(2,6-10(14,15)16)3-4-9(11,12)13/h7,18H,3-6,17H2,1-2H3. The fourth-order valence-corrected chi connectivity index (χ4v) is 1.73. The average molecular weight is 280 g/mol. The second-order valence-electron chi connectivity index (χ2n) is 4.75. The first-order valence-electron chi connectivity index (χ1n) is 5.48. The zero-order chi connectivity index (χ0) is 14.6. The predicted octanol–water partition coefficient (Wildman–Crippen LogP) is 2.98. The van der Waals surface area contributed by atoms with Gasteiger partial charge in [0, 0.05) is 24.5 Å². The maximum atomic E-state index is 12.4. The molecule has 0 aromatic rings. The highest BCUT2D eigenvalue weighted by molar-refractivity contribution is 4.89. The molecule has 2 atom stereocenters. The van der Waals surface area contributed by atoms with E-state index in [0.29, 0.717) is 0 Å². The third-order valence-corrected chi connectivity index (χ3v) is 2.50. The molecule has 110 valence electrons. The molecule has 0 fully saturated rings. The summed E-state index contributed by atoms with van der Waals surface area (Å²) >= 11 is 0. The Bertz CT molecular complexity index is 250. The third kappa shape index (κ3) is 8.57. The fraction of sp³-hybridized carbons (Fsp3) is 1.00. The maximum absolute atomic E-state index is 12.4. The van der Waals surface area contributed by atoms with Crippen LogP contribution in [0.25, 0.3) is 0 Å². The van der Waals surface area contributed by atoms with Crippen LogP contribution in [0.2, 0.25) is 0 Å². The normalized spacial score (nSPS) is 18.5. The molecular formula is C10H18F6N2. The summed E-state index contributed by atoms with van der Waals surface area (Å²) in [6.45, 7) is 2.72. The summed E-state index contributed by atoms with van der Waals surface area (Å²) in [6, 6.07) is -0.481. The maximum Gasteiger partial charge on any atom is 0.390 e. The molecule has 0 saturated carbocycles. The molecule has 8 heteroatoms. The van der Waals surface area contributed by atoms with Crippen molar-refractivity contribution in [2.45, 2.75) is 57.0 Å². The van der Waals surface area contributed by atoms with Crippen molar-refractivity contribution in [1.29, 1.82) is 0 Å². The molecule has 0 rings (SSSR count). The average Bonchev–Trinajstić information content (AvgIpc) is 2.10. The van der Waals surface area contributed by atoms with Gasteiger partial charge >= 0.3 is 12.4 Å². The first-order chi connectivity index (χ1) is 7.87. The zero-order valence-corrected chi connectivity index (χ0v) is 10.3. The monoisotopic (exact) mass is 280 g/mol. The van der Waals surface area contributed by atoms with Crippen molar-refractivity contribution in [3.63, 3.8) is 0 Å². The van der Waals surface area contributed by atoms with Crippen molar-refractivity contribution in [3.05, 3.63) is 0 Å². The van der Waals surface area contributed by atoms with Crippen molar-refractivity contribution in [3.8, 4) is 0 Å². The largest absolute Gasteiger partial charge is 0.390 e. The minimum absolute atomic E-state index is 0.0550. The summed E-state index contributed by atoms with van der Waals surface area (Å²) in [5.74, 6) is 0. The van der Waals surface area contributed by atoms with Crippen LogP contribution in [0.4, 0.5) is 26.3 Å². The van der Waals surface area contributed by atoms with E-state index in [2.05, 4.69) is 5.32 Å². The van der Waals surface area contributed by atoms with E-state index in [1.54, 1.807) is 0 Å². The van der Waals surface area contributed by atoms with Crippen molar-refractivity contribution < 1.29 is 26.3 Å². The molecule has 3 N–H and O–H groups in total. The Morgan fingerprint density at radius 3 is 1.83 bits per heavy atom. The Morgan fingerprint density at radius 2 is 1.50 bits per heavy atom. The van der Waals surface area contributed by atoms with Gasteiger partial charge in [-0.2, -0.15) is 26.3 Å². The molecular weight excluding hydrogens is 262 g/mol. The Hall–Kier alpha value is -0.500. The molecule has 0 aliphatic rings. The van der Waals surface area contributed by atoms with Crippen LogP contribution in [-0.2, 0) is 0 Å². The molecule has 0 aliphatic heterocycles. The van der Waals surface area contributed by atoms with E-state index in [0.717, 1.165) is 6.92 Å². The Balaban J connectivity index is 4.69. The van der Waals surface area contributed by atoms with Crippen LogP contribution in [-0.4, -0.2) is 30.5 Å². The Kier molecular flexibility index (Phi) is 5.93. The number of nitrogens with two attached hydrogens (primary N) is 1. The highest BCUT2D eigenvalue weighted by Gasteiger charge is 2.42. The molecule has 0 aromatic heterocycles. The second-order valence-corrected chi connectivity index (χ2v) is 4.75. The Labute approximate surface area is 102 Å². The van der Waals surface area contributed by atoms with Crippen molar-refractivity contribution in [2.75, 3.05) is 6.54 Å². The summed E-state index contributed by atoms with van der Waals surface area (Å²) in [6.07, 6.45) is -12.2. The summed E-state index contributed by atoms with van der Waals surface area (Å²) in [5.41, 5.74) is 3.60. The first kappa shape index (κ1) is 17.5. The fourth-order valence-electron chi connectivity index (χ4n) is 1.73. The van der Waals surface area contributed by atoms with Crippen LogP contribution >= 0.6 is 0 Å². The van der Waals surface area contributed by atoms with Gasteiger partial charge in [0.15, 0.2) is 0 Å². The third-order valence-electron chi connectivity index (χ3n) is 2.50. The molecule has 0 saturated heterocycles. The number of nitrogens with one attached hydrogen (secondary N) is 1. The molecule has 2 nitrogen and oxygen atoms in total. The number of rotatable bonds is 6. The summed E-state index contributed by atoms with van der Waals surface area (Å²) in [5, 5.41) is 2.53. The van der Waals surface area contributed by atoms with Gasteiger partial charge in [-0.3, -0.25) is 0 Å². The van der Waals surface area contributed by atoms with Gasteiger partial charge in [0.2, 0.25) is 0 Å². The molecule has 2 unspecified atom stereocenters. The summed E-state index contributed by atoms with van der Waals surface area (Å²) in [4.78, 5) is 0. The van der Waals surface area contributed by atoms with E-state index in [1.165, 1.54) is 6.92 Å². The molecule has 0 amide bonds. The SMILES string of the molecule is CC(CN)NC(C)(CCC(F)(F)F)CC(F)(F)F. The van der Waals surface area contributed by atoms with E-state index < -0.39 is 43.2 Å². The lowest BCUT2D eigenvalue weighted by Crippen LogP contribution is -2.52. The minimum Gasteiger partial charge on any atom is -0.329 e. The first-order valence-corrected chi connectivity index (χ1v) is 5.48. The molecule has 0 heterocycles. The van der Waals surface area contributed by atoms with E-state index in [-0.39, 0.29) is 6.54 Å². The van der Waals surface area contributed by atoms with Crippen LogP contribution in [0.3, 0.4) is 0 Å². The minimum atomic E-state index is -4.53. The van der Waals surface area contributed by atoms with Crippen LogP contribution in [0.15, 0.2) is 0 Å². The van der Waals surface area contributed by atoms with E-state index in [4.69, 9.17) is 5.73 Å². The van der Waals surface area contributed by atoms with E-state index in [9.17, 15) is 26.3 Å². The number of hydrogen-bond donors (Lipinski definition) is 2. The molecule has 0 bridgehead atoms. The van der Waals surface area contributed by atoms with Gasteiger partial charge in [-0.25, -0.2) is 0 Å².